The van der Waals surface area contributed by atoms with E-state index in [0.29, 0.717) is 11.5 Å². The molecule has 0 aliphatic heterocycles. The molecule has 2 heterocycles. The van der Waals surface area contributed by atoms with E-state index in [-0.39, 0.29) is 17.4 Å². The number of aromatic hydroxyl groups is 1. The van der Waals surface area contributed by atoms with Crippen LogP contribution in [0.5, 0.6) is 5.75 Å². The van der Waals surface area contributed by atoms with Crippen molar-refractivity contribution in [3.8, 4) is 11.6 Å². The lowest BCUT2D eigenvalue weighted by Gasteiger charge is -2.11. The van der Waals surface area contributed by atoms with Gasteiger partial charge in [-0.05, 0) is 35.7 Å². The molecule has 0 saturated carbocycles. The molecule has 1 aromatic carbocycles. The van der Waals surface area contributed by atoms with Gasteiger partial charge in [0.05, 0.1) is 5.69 Å². The Bertz CT molecular complexity index is 859. The van der Waals surface area contributed by atoms with Crippen LogP contribution in [0.25, 0.3) is 5.82 Å². The molecule has 3 rings (SSSR count). The van der Waals surface area contributed by atoms with Crippen molar-refractivity contribution >= 4 is 11.6 Å². The Labute approximate surface area is 139 Å². The monoisotopic (exact) mass is 323 g/mol. The third-order valence-electron chi connectivity index (χ3n) is 3.59. The van der Waals surface area contributed by atoms with E-state index in [2.05, 4.69) is 20.5 Å². The highest BCUT2D eigenvalue weighted by Crippen LogP contribution is 2.28. The summed E-state index contributed by atoms with van der Waals surface area (Å²) in [5.41, 5.74) is 1.62. The standard InChI is InChI=1S/C17H17N5O2/c1-11(2)12-6-7-15(23)14(8-12)21-17(24)13-4-3-5-16(20-13)22-9-18-19-10-22/h3-11,23H,1-2H3,(H,21,24). The number of nitrogens with zero attached hydrogens (tertiary/aromatic N) is 4. The number of nitrogens with one attached hydrogen (secondary N) is 1. The molecule has 122 valence electrons. The highest BCUT2D eigenvalue weighted by atomic mass is 16.3. The molecular formula is C17H17N5O2. The molecular weight excluding hydrogens is 306 g/mol. The zero-order chi connectivity index (χ0) is 17.1. The average molecular weight is 323 g/mol. The molecule has 0 aliphatic rings. The maximum Gasteiger partial charge on any atom is 0.274 e. The van der Waals surface area contributed by atoms with Gasteiger partial charge in [0.15, 0.2) is 0 Å². The number of aromatic nitrogens is 4. The van der Waals surface area contributed by atoms with E-state index >= 15 is 0 Å². The van der Waals surface area contributed by atoms with Crippen molar-refractivity contribution in [2.75, 3.05) is 5.32 Å². The van der Waals surface area contributed by atoms with Crippen LogP contribution in [-0.2, 0) is 0 Å². The van der Waals surface area contributed by atoms with Crippen LogP contribution < -0.4 is 5.32 Å². The predicted octanol–water partition coefficient (Wildman–Crippen LogP) is 2.74. The molecule has 7 heteroatoms. The number of anilines is 1. The largest absolute Gasteiger partial charge is 0.506 e. The van der Waals surface area contributed by atoms with E-state index in [1.807, 2.05) is 19.9 Å². The van der Waals surface area contributed by atoms with Crippen LogP contribution in [0.15, 0.2) is 49.1 Å². The molecule has 0 radical (unpaired) electrons. The molecule has 0 spiro atoms. The lowest BCUT2D eigenvalue weighted by Crippen LogP contribution is -2.15. The number of phenolic OH excluding ortho intramolecular Hbond substituents is 1. The van der Waals surface area contributed by atoms with E-state index in [1.54, 1.807) is 34.9 Å². The minimum absolute atomic E-state index is 0.0164. The van der Waals surface area contributed by atoms with Gasteiger partial charge in [-0.2, -0.15) is 0 Å². The van der Waals surface area contributed by atoms with Crippen LogP contribution in [0, 0.1) is 0 Å². The molecule has 0 bridgehead atoms. The van der Waals surface area contributed by atoms with Crippen molar-refractivity contribution in [3.63, 3.8) is 0 Å². The molecule has 0 aliphatic carbocycles. The van der Waals surface area contributed by atoms with Gasteiger partial charge >= 0.3 is 0 Å². The molecule has 1 amide bonds. The van der Waals surface area contributed by atoms with E-state index in [9.17, 15) is 9.90 Å². The maximum atomic E-state index is 12.4. The maximum absolute atomic E-state index is 12.4. The Balaban J connectivity index is 1.86. The van der Waals surface area contributed by atoms with E-state index in [1.165, 1.54) is 12.7 Å². The van der Waals surface area contributed by atoms with Crippen LogP contribution in [0.1, 0.15) is 35.8 Å². The fourth-order valence-electron chi connectivity index (χ4n) is 2.21. The fourth-order valence-corrected chi connectivity index (χ4v) is 2.21. The molecule has 0 atom stereocenters. The average Bonchev–Trinajstić information content (AvgIpc) is 3.11. The van der Waals surface area contributed by atoms with Crippen molar-refractivity contribution < 1.29 is 9.90 Å². The van der Waals surface area contributed by atoms with E-state index in [4.69, 9.17) is 0 Å². The second-order valence-electron chi connectivity index (χ2n) is 5.64. The minimum Gasteiger partial charge on any atom is -0.506 e. The van der Waals surface area contributed by atoms with Gasteiger partial charge in [-0.1, -0.05) is 26.0 Å². The molecule has 7 nitrogen and oxygen atoms in total. The SMILES string of the molecule is CC(C)c1ccc(O)c(NC(=O)c2cccc(-n3cnnc3)n2)c1. The van der Waals surface area contributed by atoms with E-state index < -0.39 is 5.91 Å². The molecule has 2 aromatic heterocycles. The zero-order valence-electron chi connectivity index (χ0n) is 13.3. The summed E-state index contributed by atoms with van der Waals surface area (Å²) in [4.78, 5) is 16.7. The van der Waals surface area contributed by atoms with Gasteiger partial charge in [0.2, 0.25) is 0 Å². The topological polar surface area (TPSA) is 92.9 Å². The lowest BCUT2D eigenvalue weighted by molar-refractivity contribution is 0.102. The zero-order valence-corrected chi connectivity index (χ0v) is 13.3. The highest BCUT2D eigenvalue weighted by Gasteiger charge is 2.13. The summed E-state index contributed by atoms with van der Waals surface area (Å²) in [6.07, 6.45) is 3.00. The first-order valence-electron chi connectivity index (χ1n) is 7.51. The van der Waals surface area contributed by atoms with Gasteiger partial charge in [0.25, 0.3) is 5.91 Å². The third-order valence-corrected chi connectivity index (χ3v) is 3.59. The smallest absolute Gasteiger partial charge is 0.274 e. The summed E-state index contributed by atoms with van der Waals surface area (Å²) in [5, 5.41) is 20.1. The summed E-state index contributed by atoms with van der Waals surface area (Å²) < 4.78 is 1.60. The Kier molecular flexibility index (Phi) is 4.24. The van der Waals surface area contributed by atoms with Gasteiger partial charge in [-0.25, -0.2) is 4.98 Å². The first kappa shape index (κ1) is 15.7. The fraction of sp³-hybridized carbons (Fsp3) is 0.176. The van der Waals surface area contributed by atoms with Crippen molar-refractivity contribution in [3.05, 3.63) is 60.3 Å². The highest BCUT2D eigenvalue weighted by molar-refractivity contribution is 6.03. The first-order valence-corrected chi connectivity index (χ1v) is 7.51. The first-order chi connectivity index (χ1) is 11.5. The van der Waals surface area contributed by atoms with Crippen molar-refractivity contribution in [1.29, 1.82) is 0 Å². The van der Waals surface area contributed by atoms with Crippen LogP contribution in [0.3, 0.4) is 0 Å². The number of phenols is 1. The van der Waals surface area contributed by atoms with Crippen molar-refractivity contribution in [2.45, 2.75) is 19.8 Å². The normalized spacial score (nSPS) is 10.8. The van der Waals surface area contributed by atoms with Crippen LogP contribution in [0.4, 0.5) is 5.69 Å². The van der Waals surface area contributed by atoms with Gasteiger partial charge in [-0.15, -0.1) is 10.2 Å². The van der Waals surface area contributed by atoms with E-state index in [0.717, 1.165) is 5.56 Å². The summed E-state index contributed by atoms with van der Waals surface area (Å²) in [6.45, 7) is 4.09. The molecule has 0 fully saturated rings. The van der Waals surface area contributed by atoms with Gasteiger partial charge in [-0.3, -0.25) is 9.36 Å². The number of carbonyl (C=O) groups excluding carboxylic acids is 1. The van der Waals surface area contributed by atoms with Gasteiger partial charge < -0.3 is 10.4 Å². The third kappa shape index (κ3) is 3.24. The Morgan fingerprint density at radius 1 is 1.17 bits per heavy atom. The summed E-state index contributed by atoms with van der Waals surface area (Å²) in [7, 11) is 0. The lowest BCUT2D eigenvalue weighted by atomic mass is 10.0. The minimum atomic E-state index is -0.402. The summed E-state index contributed by atoms with van der Waals surface area (Å²) in [5.74, 6) is 0.438. The predicted molar refractivity (Wildman–Crippen MR) is 89.3 cm³/mol. The number of hydrogen-bond acceptors (Lipinski definition) is 5. The number of amides is 1. The molecule has 0 saturated heterocycles. The number of pyridine rings is 1. The molecule has 2 N–H and O–H groups in total. The van der Waals surface area contributed by atoms with Crippen LogP contribution in [-0.4, -0.2) is 30.8 Å². The van der Waals surface area contributed by atoms with Crippen LogP contribution >= 0.6 is 0 Å². The number of rotatable bonds is 4. The van der Waals surface area contributed by atoms with Crippen molar-refractivity contribution in [1.82, 2.24) is 19.7 Å². The van der Waals surface area contributed by atoms with Crippen molar-refractivity contribution in [2.24, 2.45) is 0 Å². The Morgan fingerprint density at radius 2 is 1.92 bits per heavy atom. The Hall–Kier alpha value is -3.22. The molecule has 3 aromatic rings. The number of carbonyl (C=O) groups is 1. The van der Waals surface area contributed by atoms with Gasteiger partial charge in [0.1, 0.15) is 29.9 Å². The second kappa shape index (κ2) is 6.49. The van der Waals surface area contributed by atoms with Gasteiger partial charge in [0, 0.05) is 0 Å². The van der Waals surface area contributed by atoms with Crippen LogP contribution in [0.2, 0.25) is 0 Å². The quantitative estimate of drug-likeness (QED) is 0.720. The Morgan fingerprint density at radius 3 is 2.62 bits per heavy atom. The second-order valence-corrected chi connectivity index (χ2v) is 5.64. The molecule has 0 unspecified atom stereocenters. The number of hydrogen-bond donors (Lipinski definition) is 2. The number of benzene rings is 1. The summed E-state index contributed by atoms with van der Waals surface area (Å²) >= 11 is 0. The summed E-state index contributed by atoms with van der Waals surface area (Å²) in [6, 6.07) is 10.2. The molecule has 24 heavy (non-hydrogen) atoms.